The van der Waals surface area contributed by atoms with Gasteiger partial charge in [0.2, 0.25) is 0 Å². The number of fused-ring (bicyclic) bond motifs is 5. The van der Waals surface area contributed by atoms with Crippen LogP contribution in [0.5, 0.6) is 0 Å². The van der Waals surface area contributed by atoms with Crippen molar-refractivity contribution in [2.24, 2.45) is 29.0 Å². The molecule has 0 aromatic carbocycles. The zero-order valence-electron chi connectivity index (χ0n) is 64.7. The van der Waals surface area contributed by atoms with Gasteiger partial charge in [-0.1, -0.05) is 38.1 Å². The number of anilines is 5. The zero-order chi connectivity index (χ0) is 81.4. The number of hydrogen-bond donors (Lipinski definition) is 10. The Morgan fingerprint density at radius 3 is 1.14 bits per heavy atom. The lowest BCUT2D eigenvalue weighted by molar-refractivity contribution is -0.155. The molecule has 0 radical (unpaired) electrons. The Morgan fingerprint density at radius 2 is 0.746 bits per heavy atom. The molecule has 5 aliphatic heterocycles. The van der Waals surface area contributed by atoms with E-state index in [1.807, 2.05) is 91.0 Å². The summed E-state index contributed by atoms with van der Waals surface area (Å²) in [6, 6.07) is 44.4. The van der Waals surface area contributed by atoms with Gasteiger partial charge in [-0.2, -0.15) is 51.8 Å². The van der Waals surface area contributed by atoms with E-state index in [0.717, 1.165) is 205 Å². The number of nitrogens with zero attached hydrogens (tertiary/aromatic N) is 20. The van der Waals surface area contributed by atoms with Crippen LogP contribution in [0.4, 0.5) is 55.4 Å². The van der Waals surface area contributed by atoms with E-state index in [2.05, 4.69) is 155 Å². The first-order valence-corrected chi connectivity index (χ1v) is 39.3. The van der Waals surface area contributed by atoms with Crippen LogP contribution in [0.3, 0.4) is 0 Å². The molecule has 608 valence electrons. The molecule has 5 fully saturated rings. The van der Waals surface area contributed by atoms with Crippen molar-refractivity contribution in [3.8, 4) is 56.9 Å². The molecule has 5 saturated heterocycles. The third-order valence-electron chi connectivity index (χ3n) is 21.6. The molecule has 1 unspecified atom stereocenters. The highest BCUT2D eigenvalue weighted by Gasteiger charge is 2.43. The smallest absolute Gasteiger partial charge is 0.357 e. The fourth-order valence-corrected chi connectivity index (χ4v) is 15.0. The van der Waals surface area contributed by atoms with Crippen molar-refractivity contribution in [3.05, 3.63) is 182 Å². The molecule has 0 saturated carbocycles. The van der Waals surface area contributed by atoms with Crippen LogP contribution in [-0.2, 0) is 6.18 Å². The Hall–Kier alpha value is -12.8. The van der Waals surface area contributed by atoms with E-state index in [-0.39, 0.29) is 36.3 Å². The molecule has 15 aromatic heterocycles. The molecule has 0 spiro atoms. The summed E-state index contributed by atoms with van der Waals surface area (Å²) in [5.41, 5.74) is 26.4. The summed E-state index contributed by atoms with van der Waals surface area (Å²) in [5.74, 6) is 5.27. The third-order valence-corrected chi connectivity index (χ3v) is 21.6. The Bertz CT molecular complexity index is 5880. The van der Waals surface area contributed by atoms with Crippen molar-refractivity contribution in [2.75, 3.05) is 110 Å². The second-order valence-corrected chi connectivity index (χ2v) is 29.9. The number of H-pyrrole nitrogens is 5. The van der Waals surface area contributed by atoms with E-state index < -0.39 is 36.2 Å². The summed E-state index contributed by atoms with van der Waals surface area (Å²) in [6.45, 7) is 13.7. The first-order valence-electron chi connectivity index (χ1n) is 39.3. The summed E-state index contributed by atoms with van der Waals surface area (Å²) in [5, 5.41) is 45.9. The number of nitrogens with two attached hydrogens (primary N) is 3. The number of halogens is 6. The highest BCUT2D eigenvalue weighted by atomic mass is 19.4. The second-order valence-electron chi connectivity index (χ2n) is 29.9. The number of aromatic amines is 5. The maximum absolute atomic E-state index is 13.6. The van der Waals surface area contributed by atoms with Crippen molar-refractivity contribution in [3.63, 3.8) is 0 Å². The van der Waals surface area contributed by atoms with E-state index in [0.29, 0.717) is 40.6 Å². The molecule has 30 nitrogen and oxygen atoms in total. The Labute approximate surface area is 672 Å². The average Bonchev–Trinajstić information content (AvgIpc) is 1.50. The summed E-state index contributed by atoms with van der Waals surface area (Å²) in [7, 11) is 0. The summed E-state index contributed by atoms with van der Waals surface area (Å²) >= 11 is 0. The average molecular weight is 1610 g/mol. The van der Waals surface area contributed by atoms with Gasteiger partial charge in [0.05, 0.1) is 56.8 Å². The van der Waals surface area contributed by atoms with Crippen LogP contribution in [0, 0.1) is 11.8 Å². The molecule has 15 aromatic rings. The lowest BCUT2D eigenvalue weighted by Gasteiger charge is -2.37. The lowest BCUT2D eigenvalue weighted by Crippen LogP contribution is -2.57. The SMILES string of the molecule is CC(C)[C@H]1CN(c2cccc(-c3[nH]nc4ncccc34)n2)CCN1.FC(F)(F)c1ccc(N2CCNC(C(F)(F)F)C2)nc1-c1[nH]nc2ncccc12.NC1CCN(c2cccc(-c3[nH]nc4ncccc34)n2)CC1.NC1CN(c2cccc(-c3[nH]nc4ncccc34)n2)C1.NCC1CCN(c2cccc(-c3[nH]nc4ncccc34)n2)CC1. The summed E-state index contributed by atoms with van der Waals surface area (Å²) in [4.78, 5) is 54.8. The number of pyridine rings is 10. The maximum Gasteiger partial charge on any atom is 0.418 e. The van der Waals surface area contributed by atoms with Crippen molar-refractivity contribution in [2.45, 2.75) is 76.1 Å². The number of rotatable bonds is 12. The van der Waals surface area contributed by atoms with Gasteiger partial charge in [0, 0.05) is 155 Å². The minimum Gasteiger partial charge on any atom is -0.357 e. The van der Waals surface area contributed by atoms with E-state index >= 15 is 0 Å². The standard InChI is InChI=1S/C18H22N6.C17H14F6N6.C17H20N6.C16H18N6.C14H14N6/c1-12(2)15-11-24(10-9-19-15)16-7-3-6-14(21-16)17-13-5-4-8-20-18(13)23-22-17;18-16(19,20)10-3-4-12(29-7-6-24-11(8-29)17(21,22)23)26-14(10)13-9-2-1-5-25-15(9)28-27-13;18-11-12-6-9-23(10-7-12)15-5-1-4-14(20-15)16-13-3-2-8-19-17(13)22-21-16;17-11-6-9-22(10-7-11)14-5-1-4-13(19-14)15-12-3-2-8-18-16(12)21-20-15;15-9-7-20(8-9)12-5-1-4-11(17-12)13-10-3-2-6-16-14(10)19-18-13/h3-8,12,15,19H,9-11H2,1-2H3,(H,20,22,23);1-5,11,24H,6-8H2,(H,25,27,28);1-5,8,12H,6-7,9-11,18H2,(H,19,21,22);1-5,8,11H,6-7,9-10,17H2,(H,18,20,21);1-6,9H,7-8,15H2,(H,16,18,19)/t15-;;;;/m1..../s1. The molecule has 118 heavy (non-hydrogen) atoms. The molecule has 2 atom stereocenters. The van der Waals surface area contributed by atoms with Crippen molar-refractivity contribution in [1.29, 1.82) is 0 Å². The molecule has 5 aliphatic rings. The lowest BCUT2D eigenvalue weighted by atomic mass is 9.97. The van der Waals surface area contributed by atoms with Crippen LogP contribution in [0.15, 0.2) is 177 Å². The molecule has 20 heterocycles. The number of piperidine rings is 2. The van der Waals surface area contributed by atoms with E-state index in [1.54, 1.807) is 36.9 Å². The minimum atomic E-state index is -4.71. The van der Waals surface area contributed by atoms with Gasteiger partial charge < -0.3 is 52.3 Å². The maximum atomic E-state index is 13.6. The van der Waals surface area contributed by atoms with Crippen LogP contribution in [0.25, 0.3) is 112 Å². The molecular formula is C82H88F6N30. The fraction of sp³-hybridized carbons (Fsp3) is 0.329. The van der Waals surface area contributed by atoms with E-state index in [1.165, 1.54) is 11.1 Å². The molecular weight excluding hydrogens is 1520 g/mol. The predicted molar refractivity (Wildman–Crippen MR) is 443 cm³/mol. The molecule has 36 heteroatoms. The van der Waals surface area contributed by atoms with Crippen molar-refractivity contribution < 1.29 is 26.3 Å². The summed E-state index contributed by atoms with van der Waals surface area (Å²) in [6.07, 6.45) is 3.55. The molecule has 0 amide bonds. The zero-order valence-corrected chi connectivity index (χ0v) is 64.7. The van der Waals surface area contributed by atoms with Gasteiger partial charge in [-0.05, 0) is 165 Å². The van der Waals surface area contributed by atoms with Gasteiger partial charge in [0.25, 0.3) is 0 Å². The largest absolute Gasteiger partial charge is 0.418 e. The molecule has 20 rings (SSSR count). The highest BCUT2D eigenvalue weighted by molar-refractivity contribution is 5.93. The number of nitrogens with one attached hydrogen (secondary N) is 7. The highest BCUT2D eigenvalue weighted by Crippen LogP contribution is 2.40. The monoisotopic (exact) mass is 1610 g/mol. The van der Waals surface area contributed by atoms with Crippen molar-refractivity contribution >= 4 is 84.3 Å². The topological polar surface area (TPSA) is 391 Å². The fourth-order valence-electron chi connectivity index (χ4n) is 15.0. The Kier molecular flexibility index (Phi) is 23.4. The number of piperazine rings is 2. The van der Waals surface area contributed by atoms with E-state index in [4.69, 9.17) is 37.1 Å². The van der Waals surface area contributed by atoms with Crippen LogP contribution in [0.2, 0.25) is 0 Å². The van der Waals surface area contributed by atoms with Crippen LogP contribution in [0.1, 0.15) is 45.1 Å². The van der Waals surface area contributed by atoms with Crippen LogP contribution < -0.4 is 52.3 Å². The van der Waals surface area contributed by atoms with E-state index in [9.17, 15) is 26.3 Å². The number of aromatic nitrogens is 20. The van der Waals surface area contributed by atoms with Gasteiger partial charge in [-0.3, -0.25) is 25.5 Å². The Morgan fingerprint density at radius 1 is 0.381 bits per heavy atom. The Balaban J connectivity index is 0.000000111. The minimum absolute atomic E-state index is 0.00443. The normalized spacial score (nSPS) is 17.1. The quantitative estimate of drug-likeness (QED) is 0.0508. The van der Waals surface area contributed by atoms with Gasteiger partial charge in [0.1, 0.15) is 40.8 Å². The van der Waals surface area contributed by atoms with Gasteiger partial charge in [-0.15, -0.1) is 0 Å². The predicted octanol–water partition coefficient (Wildman–Crippen LogP) is 11.1. The first kappa shape index (κ1) is 79.1. The number of hydrogen-bond acceptors (Lipinski definition) is 25. The first-order chi connectivity index (χ1) is 57.3. The van der Waals surface area contributed by atoms with Gasteiger partial charge in [-0.25, -0.2) is 49.8 Å². The second kappa shape index (κ2) is 35.0. The molecule has 0 aliphatic carbocycles. The molecule has 13 N–H and O–H groups in total. The van der Waals surface area contributed by atoms with Crippen molar-refractivity contribution in [1.82, 2.24) is 111 Å². The van der Waals surface area contributed by atoms with Gasteiger partial charge >= 0.3 is 12.4 Å². The van der Waals surface area contributed by atoms with Crippen LogP contribution >= 0.6 is 0 Å². The van der Waals surface area contributed by atoms with Crippen LogP contribution in [-0.4, -0.2) is 216 Å². The third kappa shape index (κ3) is 17.8. The number of alkyl halides is 6. The molecule has 0 bridgehead atoms. The van der Waals surface area contributed by atoms with Gasteiger partial charge in [0.15, 0.2) is 28.2 Å². The summed E-state index contributed by atoms with van der Waals surface area (Å²) < 4.78 is 79.9.